The molecule has 0 radical (unpaired) electrons. The summed E-state index contributed by atoms with van der Waals surface area (Å²) in [5, 5.41) is 3.02. The number of carbonyl (C=O) groups excluding carboxylic acids is 2. The zero-order valence-electron chi connectivity index (χ0n) is 15.9. The van der Waals surface area contributed by atoms with E-state index in [4.69, 9.17) is 0 Å². The summed E-state index contributed by atoms with van der Waals surface area (Å²) in [6.45, 7) is 2.52. The van der Waals surface area contributed by atoms with Gasteiger partial charge in [-0.25, -0.2) is 0 Å². The largest absolute Gasteiger partial charge is 0.345 e. The molecule has 142 valence electrons. The van der Waals surface area contributed by atoms with E-state index in [1.807, 2.05) is 85.8 Å². The maximum absolute atomic E-state index is 13.1. The first-order valence-electron chi connectivity index (χ1n) is 9.45. The van der Waals surface area contributed by atoms with Gasteiger partial charge in [0.15, 0.2) is 0 Å². The first-order valence-corrected chi connectivity index (χ1v) is 9.45. The molecule has 3 aromatic rings. The quantitative estimate of drug-likeness (QED) is 0.659. The summed E-state index contributed by atoms with van der Waals surface area (Å²) < 4.78 is 0. The molecule has 1 N–H and O–H groups in total. The fraction of sp³-hybridized carbons (Fsp3) is 0.167. The van der Waals surface area contributed by atoms with Crippen molar-refractivity contribution in [1.82, 2.24) is 5.32 Å². The van der Waals surface area contributed by atoms with Crippen LogP contribution in [0.15, 0.2) is 91.0 Å². The van der Waals surface area contributed by atoms with Crippen molar-refractivity contribution in [1.29, 1.82) is 0 Å². The summed E-state index contributed by atoms with van der Waals surface area (Å²) in [5.74, 6) is -0.221. The van der Waals surface area contributed by atoms with Crippen LogP contribution in [-0.4, -0.2) is 18.4 Å². The molecule has 4 heteroatoms. The summed E-state index contributed by atoms with van der Waals surface area (Å²) in [5.41, 5.74) is 2.34. The molecule has 1 atom stereocenters. The van der Waals surface area contributed by atoms with Crippen molar-refractivity contribution in [2.45, 2.75) is 19.4 Å². The molecule has 2 amide bonds. The van der Waals surface area contributed by atoms with Gasteiger partial charge in [-0.05, 0) is 36.8 Å². The highest BCUT2D eigenvalue weighted by Gasteiger charge is 2.22. The van der Waals surface area contributed by atoms with Crippen LogP contribution in [0, 0.1) is 0 Å². The van der Waals surface area contributed by atoms with Crippen LogP contribution in [0.4, 0.5) is 5.69 Å². The minimum atomic E-state index is -0.404. The summed E-state index contributed by atoms with van der Waals surface area (Å²) in [6, 6.07) is 27.8. The number of hydrogen-bond acceptors (Lipinski definition) is 2. The maximum atomic E-state index is 13.1. The zero-order chi connectivity index (χ0) is 19.8. The molecule has 0 bridgehead atoms. The standard InChI is InChI=1S/C24H24N2O2/c1-2-26(21-16-10-5-11-17-21)23(27)18-22(19-12-6-3-7-13-19)25-24(28)20-14-8-4-9-15-20/h3-17,22H,2,18H2,1H3,(H,25,28). The van der Waals surface area contributed by atoms with Crippen molar-refractivity contribution in [2.75, 3.05) is 11.4 Å². The Bertz CT molecular complexity index is 896. The lowest BCUT2D eigenvalue weighted by Gasteiger charge is -2.25. The van der Waals surface area contributed by atoms with Gasteiger partial charge in [0.05, 0.1) is 12.5 Å². The van der Waals surface area contributed by atoms with Crippen LogP contribution in [-0.2, 0) is 4.79 Å². The average Bonchev–Trinajstić information content (AvgIpc) is 2.76. The Balaban J connectivity index is 1.81. The smallest absolute Gasteiger partial charge is 0.251 e. The van der Waals surface area contributed by atoms with Crippen molar-refractivity contribution in [3.63, 3.8) is 0 Å². The van der Waals surface area contributed by atoms with Gasteiger partial charge in [-0.2, -0.15) is 0 Å². The minimum absolute atomic E-state index is 0.0316. The number of para-hydroxylation sites is 1. The van der Waals surface area contributed by atoms with Gasteiger partial charge < -0.3 is 10.2 Å². The third-order valence-corrected chi connectivity index (χ3v) is 4.61. The fourth-order valence-corrected chi connectivity index (χ4v) is 3.16. The lowest BCUT2D eigenvalue weighted by molar-refractivity contribution is -0.119. The van der Waals surface area contributed by atoms with Gasteiger partial charge in [-0.15, -0.1) is 0 Å². The Kier molecular flexibility index (Phi) is 6.58. The van der Waals surface area contributed by atoms with E-state index in [2.05, 4.69) is 5.32 Å². The van der Waals surface area contributed by atoms with E-state index >= 15 is 0 Å². The molecule has 3 aromatic carbocycles. The van der Waals surface area contributed by atoms with E-state index in [-0.39, 0.29) is 18.2 Å². The van der Waals surface area contributed by atoms with Crippen LogP contribution >= 0.6 is 0 Å². The molecule has 28 heavy (non-hydrogen) atoms. The van der Waals surface area contributed by atoms with Crippen LogP contribution in [0.25, 0.3) is 0 Å². The molecule has 0 aliphatic heterocycles. The lowest BCUT2D eigenvalue weighted by atomic mass is 10.0. The number of carbonyl (C=O) groups is 2. The molecule has 0 aliphatic carbocycles. The second-order valence-corrected chi connectivity index (χ2v) is 6.48. The van der Waals surface area contributed by atoms with Crippen molar-refractivity contribution < 1.29 is 9.59 Å². The number of anilines is 1. The second kappa shape index (κ2) is 9.51. The van der Waals surface area contributed by atoms with Crippen molar-refractivity contribution in [3.05, 3.63) is 102 Å². The number of hydrogen-bond donors (Lipinski definition) is 1. The fourth-order valence-electron chi connectivity index (χ4n) is 3.16. The molecule has 0 saturated heterocycles. The molecule has 0 fully saturated rings. The Labute approximate surface area is 165 Å². The van der Waals surface area contributed by atoms with Crippen LogP contribution < -0.4 is 10.2 Å². The van der Waals surface area contributed by atoms with Crippen molar-refractivity contribution >= 4 is 17.5 Å². The van der Waals surface area contributed by atoms with Gasteiger partial charge in [0.25, 0.3) is 5.91 Å². The molecule has 0 saturated carbocycles. The minimum Gasteiger partial charge on any atom is -0.345 e. The van der Waals surface area contributed by atoms with Crippen LogP contribution in [0.2, 0.25) is 0 Å². The highest BCUT2D eigenvalue weighted by atomic mass is 16.2. The molecule has 0 aliphatic rings. The van der Waals surface area contributed by atoms with Gasteiger partial charge in [-0.1, -0.05) is 66.7 Å². The van der Waals surface area contributed by atoms with E-state index in [9.17, 15) is 9.59 Å². The number of benzene rings is 3. The van der Waals surface area contributed by atoms with Gasteiger partial charge in [0.1, 0.15) is 0 Å². The number of rotatable bonds is 7. The predicted molar refractivity (Wildman–Crippen MR) is 112 cm³/mol. The molecular formula is C24H24N2O2. The Hall–Kier alpha value is -3.40. The SMILES string of the molecule is CCN(C(=O)CC(NC(=O)c1ccccc1)c1ccccc1)c1ccccc1. The molecule has 0 aromatic heterocycles. The lowest BCUT2D eigenvalue weighted by Crippen LogP contribution is -2.36. The predicted octanol–water partition coefficient (Wildman–Crippen LogP) is 4.60. The van der Waals surface area contributed by atoms with E-state index < -0.39 is 6.04 Å². The van der Waals surface area contributed by atoms with Crippen molar-refractivity contribution in [3.8, 4) is 0 Å². The third kappa shape index (κ3) is 4.86. The van der Waals surface area contributed by atoms with Gasteiger partial charge >= 0.3 is 0 Å². The molecule has 3 rings (SSSR count). The summed E-state index contributed by atoms with van der Waals surface area (Å²) >= 11 is 0. The first kappa shape index (κ1) is 19.4. The maximum Gasteiger partial charge on any atom is 0.251 e. The van der Waals surface area contributed by atoms with Crippen molar-refractivity contribution in [2.24, 2.45) is 0 Å². The van der Waals surface area contributed by atoms with Crippen LogP contribution in [0.1, 0.15) is 35.3 Å². The monoisotopic (exact) mass is 372 g/mol. The van der Waals surface area contributed by atoms with Crippen LogP contribution in [0.5, 0.6) is 0 Å². The zero-order valence-corrected chi connectivity index (χ0v) is 15.9. The Morgan fingerprint density at radius 2 is 1.36 bits per heavy atom. The highest BCUT2D eigenvalue weighted by molar-refractivity contribution is 5.96. The average molecular weight is 372 g/mol. The van der Waals surface area contributed by atoms with Gasteiger partial charge in [-0.3, -0.25) is 9.59 Å². The molecule has 1 unspecified atom stereocenters. The first-order chi connectivity index (χ1) is 13.7. The van der Waals surface area contributed by atoms with E-state index in [0.717, 1.165) is 11.3 Å². The van der Waals surface area contributed by atoms with Gasteiger partial charge in [0, 0.05) is 17.8 Å². The molecular weight excluding hydrogens is 348 g/mol. The molecule has 0 spiro atoms. The normalized spacial score (nSPS) is 11.5. The molecule has 4 nitrogen and oxygen atoms in total. The molecule has 0 heterocycles. The van der Waals surface area contributed by atoms with E-state index in [0.29, 0.717) is 12.1 Å². The number of nitrogens with one attached hydrogen (secondary N) is 1. The summed E-state index contributed by atoms with van der Waals surface area (Å²) in [6.07, 6.45) is 0.186. The Morgan fingerprint density at radius 3 is 1.93 bits per heavy atom. The number of nitrogens with zero attached hydrogens (tertiary/aromatic N) is 1. The van der Waals surface area contributed by atoms with Gasteiger partial charge in [0.2, 0.25) is 5.91 Å². The topological polar surface area (TPSA) is 49.4 Å². The number of amides is 2. The third-order valence-electron chi connectivity index (χ3n) is 4.61. The highest BCUT2D eigenvalue weighted by Crippen LogP contribution is 2.21. The Morgan fingerprint density at radius 1 is 0.821 bits per heavy atom. The second-order valence-electron chi connectivity index (χ2n) is 6.48. The van der Waals surface area contributed by atoms with Crippen LogP contribution in [0.3, 0.4) is 0 Å². The summed E-state index contributed by atoms with van der Waals surface area (Å²) in [7, 11) is 0. The van der Waals surface area contributed by atoms with E-state index in [1.165, 1.54) is 0 Å². The summed E-state index contributed by atoms with van der Waals surface area (Å²) in [4.78, 5) is 27.5. The van der Waals surface area contributed by atoms with E-state index in [1.54, 1.807) is 17.0 Å².